The fourth-order valence-corrected chi connectivity index (χ4v) is 2.69. The third kappa shape index (κ3) is 1.70. The van der Waals surface area contributed by atoms with Gasteiger partial charge in [-0.2, -0.15) is 0 Å². The van der Waals surface area contributed by atoms with E-state index in [1.165, 1.54) is 12.8 Å². The number of carbonyl (C=O) groups excluding carboxylic acids is 1. The summed E-state index contributed by atoms with van der Waals surface area (Å²) in [5.41, 5.74) is 0. The van der Waals surface area contributed by atoms with E-state index in [9.17, 15) is 4.79 Å². The predicted molar refractivity (Wildman–Crippen MR) is 50.9 cm³/mol. The van der Waals surface area contributed by atoms with E-state index < -0.39 is 0 Å². The molecular weight excluding hydrogens is 148 g/mol. The third-order valence-electron chi connectivity index (χ3n) is 3.36. The second kappa shape index (κ2) is 3.59. The summed E-state index contributed by atoms with van der Waals surface area (Å²) in [4.78, 5) is 11.4. The highest BCUT2D eigenvalue weighted by Crippen LogP contribution is 2.41. The molecule has 1 saturated carbocycles. The Hall–Kier alpha value is -0.330. The molecule has 1 fully saturated rings. The monoisotopic (exact) mass is 168 g/mol. The van der Waals surface area contributed by atoms with Crippen LogP contribution < -0.4 is 0 Å². The molecule has 0 bridgehead atoms. The zero-order valence-electron chi connectivity index (χ0n) is 8.63. The van der Waals surface area contributed by atoms with Gasteiger partial charge in [-0.05, 0) is 37.5 Å². The summed E-state index contributed by atoms with van der Waals surface area (Å²) in [5, 5.41) is 0. The lowest BCUT2D eigenvalue weighted by Crippen LogP contribution is -2.24. The Morgan fingerprint density at radius 2 is 1.92 bits per heavy atom. The van der Waals surface area contributed by atoms with Gasteiger partial charge in [0.15, 0.2) is 0 Å². The Labute approximate surface area is 75.5 Å². The number of hydrogen-bond donors (Lipinski definition) is 0. The maximum Gasteiger partial charge on any atom is 0.133 e. The molecule has 1 aliphatic rings. The van der Waals surface area contributed by atoms with Crippen LogP contribution in [0.3, 0.4) is 0 Å². The lowest BCUT2D eigenvalue weighted by molar-refractivity contribution is -0.123. The van der Waals surface area contributed by atoms with E-state index in [4.69, 9.17) is 0 Å². The van der Waals surface area contributed by atoms with Crippen LogP contribution in [0.5, 0.6) is 0 Å². The molecule has 70 valence electrons. The van der Waals surface area contributed by atoms with Gasteiger partial charge in [0.05, 0.1) is 0 Å². The number of hydrogen-bond acceptors (Lipinski definition) is 1. The first-order valence-electron chi connectivity index (χ1n) is 5.04. The van der Waals surface area contributed by atoms with Crippen LogP contribution in [0.1, 0.15) is 40.5 Å². The maximum atomic E-state index is 11.4. The fraction of sp³-hybridized carbons (Fsp3) is 0.909. The second-order valence-electron chi connectivity index (χ2n) is 4.60. The highest BCUT2D eigenvalue weighted by molar-refractivity contribution is 5.79. The van der Waals surface area contributed by atoms with Crippen LogP contribution in [0.2, 0.25) is 0 Å². The summed E-state index contributed by atoms with van der Waals surface area (Å²) < 4.78 is 0. The normalized spacial score (nSPS) is 35.9. The van der Waals surface area contributed by atoms with Crippen LogP contribution in [0, 0.1) is 23.7 Å². The van der Waals surface area contributed by atoms with Crippen LogP contribution in [0.4, 0.5) is 0 Å². The van der Waals surface area contributed by atoms with Gasteiger partial charge < -0.3 is 0 Å². The molecule has 0 aromatic rings. The minimum atomic E-state index is 0.352. The Kier molecular flexibility index (Phi) is 2.92. The summed E-state index contributed by atoms with van der Waals surface area (Å²) in [6, 6.07) is 0. The first-order valence-corrected chi connectivity index (χ1v) is 5.04. The van der Waals surface area contributed by atoms with Gasteiger partial charge in [-0.3, -0.25) is 4.79 Å². The van der Waals surface area contributed by atoms with Gasteiger partial charge in [0.25, 0.3) is 0 Å². The van der Waals surface area contributed by atoms with E-state index in [-0.39, 0.29) is 0 Å². The second-order valence-corrected chi connectivity index (χ2v) is 4.60. The van der Waals surface area contributed by atoms with Crippen molar-refractivity contribution in [2.24, 2.45) is 23.7 Å². The summed E-state index contributed by atoms with van der Waals surface area (Å²) in [6.07, 6.45) is 2.50. The highest BCUT2D eigenvalue weighted by Gasteiger charge is 2.37. The summed E-state index contributed by atoms with van der Waals surface area (Å²) in [7, 11) is 0. The van der Waals surface area contributed by atoms with Gasteiger partial charge in [-0.25, -0.2) is 0 Å². The number of rotatable bonds is 2. The molecule has 0 amide bonds. The number of carbonyl (C=O) groups is 1. The SMILES string of the molecule is CC(=O)[C@@H]1[C@H](C)CC[C@@H]1C(C)C. The van der Waals surface area contributed by atoms with Gasteiger partial charge in [0, 0.05) is 5.92 Å². The summed E-state index contributed by atoms with van der Waals surface area (Å²) in [5.74, 6) is 2.69. The molecule has 3 atom stereocenters. The van der Waals surface area contributed by atoms with Gasteiger partial charge in [-0.1, -0.05) is 20.8 Å². The molecule has 0 radical (unpaired) electrons. The largest absolute Gasteiger partial charge is 0.300 e. The zero-order chi connectivity index (χ0) is 9.30. The van der Waals surface area contributed by atoms with Crippen molar-refractivity contribution in [2.45, 2.75) is 40.5 Å². The molecule has 0 saturated heterocycles. The smallest absolute Gasteiger partial charge is 0.133 e. The van der Waals surface area contributed by atoms with Crippen molar-refractivity contribution in [1.29, 1.82) is 0 Å². The van der Waals surface area contributed by atoms with Gasteiger partial charge in [0.2, 0.25) is 0 Å². The third-order valence-corrected chi connectivity index (χ3v) is 3.36. The van der Waals surface area contributed by atoms with Crippen LogP contribution in [0.15, 0.2) is 0 Å². The van der Waals surface area contributed by atoms with E-state index >= 15 is 0 Å². The molecule has 0 aromatic heterocycles. The molecule has 0 heterocycles. The van der Waals surface area contributed by atoms with Gasteiger partial charge in [0.1, 0.15) is 5.78 Å². The molecular formula is C11H20O. The summed E-state index contributed by atoms with van der Waals surface area (Å²) in [6.45, 7) is 8.44. The highest BCUT2D eigenvalue weighted by atomic mass is 16.1. The molecule has 1 aliphatic carbocycles. The van der Waals surface area contributed by atoms with Crippen LogP contribution in [-0.2, 0) is 4.79 Å². The fourth-order valence-electron chi connectivity index (χ4n) is 2.69. The van der Waals surface area contributed by atoms with Crippen molar-refractivity contribution >= 4 is 5.78 Å². The molecule has 0 aromatic carbocycles. The minimum absolute atomic E-state index is 0.352. The van der Waals surface area contributed by atoms with Crippen LogP contribution in [0.25, 0.3) is 0 Å². The number of ketones is 1. The molecule has 0 aliphatic heterocycles. The molecule has 0 N–H and O–H groups in total. The Balaban J connectivity index is 2.70. The zero-order valence-corrected chi connectivity index (χ0v) is 8.63. The minimum Gasteiger partial charge on any atom is -0.300 e. The topological polar surface area (TPSA) is 17.1 Å². The Morgan fingerprint density at radius 3 is 2.25 bits per heavy atom. The van der Waals surface area contributed by atoms with E-state index in [2.05, 4.69) is 20.8 Å². The van der Waals surface area contributed by atoms with Crippen molar-refractivity contribution in [1.82, 2.24) is 0 Å². The molecule has 12 heavy (non-hydrogen) atoms. The van der Waals surface area contributed by atoms with E-state index in [0.717, 1.165) is 0 Å². The average molecular weight is 168 g/mol. The van der Waals surface area contributed by atoms with Gasteiger partial charge >= 0.3 is 0 Å². The van der Waals surface area contributed by atoms with Crippen molar-refractivity contribution in [2.75, 3.05) is 0 Å². The molecule has 1 nitrogen and oxygen atoms in total. The lowest BCUT2D eigenvalue weighted by Gasteiger charge is -2.23. The molecule has 0 unspecified atom stereocenters. The van der Waals surface area contributed by atoms with E-state index in [0.29, 0.717) is 29.5 Å². The van der Waals surface area contributed by atoms with Crippen molar-refractivity contribution in [3.8, 4) is 0 Å². The van der Waals surface area contributed by atoms with E-state index in [1.54, 1.807) is 6.92 Å². The van der Waals surface area contributed by atoms with Crippen LogP contribution in [-0.4, -0.2) is 5.78 Å². The van der Waals surface area contributed by atoms with Crippen molar-refractivity contribution < 1.29 is 4.79 Å². The summed E-state index contributed by atoms with van der Waals surface area (Å²) >= 11 is 0. The van der Waals surface area contributed by atoms with Gasteiger partial charge in [-0.15, -0.1) is 0 Å². The average Bonchev–Trinajstić information content (AvgIpc) is 2.30. The van der Waals surface area contributed by atoms with Crippen molar-refractivity contribution in [3.05, 3.63) is 0 Å². The molecule has 0 spiro atoms. The predicted octanol–water partition coefficient (Wildman–Crippen LogP) is 2.89. The Bertz CT molecular complexity index is 172. The molecule has 1 heteroatoms. The quantitative estimate of drug-likeness (QED) is 0.619. The Morgan fingerprint density at radius 1 is 1.33 bits per heavy atom. The molecule has 1 rings (SSSR count). The standard InChI is InChI=1S/C11H20O/c1-7(2)10-6-5-8(3)11(10)9(4)12/h7-8,10-11H,5-6H2,1-4H3/t8-,10-,11+/m1/s1. The lowest BCUT2D eigenvalue weighted by atomic mass is 9.81. The van der Waals surface area contributed by atoms with Crippen LogP contribution >= 0.6 is 0 Å². The van der Waals surface area contributed by atoms with E-state index in [1.807, 2.05) is 0 Å². The first kappa shape index (κ1) is 9.76. The maximum absolute atomic E-state index is 11.4. The first-order chi connectivity index (χ1) is 5.54. The van der Waals surface area contributed by atoms with Crippen molar-refractivity contribution in [3.63, 3.8) is 0 Å². The number of Topliss-reactive ketones (excluding diaryl/α,β-unsaturated/α-hetero) is 1.